The summed E-state index contributed by atoms with van der Waals surface area (Å²) in [7, 11) is 0. The number of amides is 2. The van der Waals surface area contributed by atoms with Gasteiger partial charge in [0.05, 0.1) is 34.1 Å². The number of nitrogen functional groups attached to an aromatic ring is 1. The van der Waals surface area contributed by atoms with Crippen LogP contribution in [-0.2, 0) is 15.8 Å². The lowest BCUT2D eigenvalue weighted by Crippen LogP contribution is -2.43. The highest BCUT2D eigenvalue weighted by atomic mass is 35.5. The Bertz CT molecular complexity index is 2130. The molecule has 51 heavy (non-hydrogen) atoms. The minimum Gasteiger partial charge on any atom is -0.489 e. The minimum absolute atomic E-state index is 0.0404. The number of carbonyl (C=O) groups excluding carboxylic acids is 2. The number of rotatable bonds is 11. The van der Waals surface area contributed by atoms with Crippen molar-refractivity contribution in [1.29, 1.82) is 0 Å². The number of nitrogens with one attached hydrogen (secondary N) is 1. The number of nitrogens with two attached hydrogens (primary N) is 2. The molecule has 4 aromatic rings. The van der Waals surface area contributed by atoms with Crippen molar-refractivity contribution in [3.63, 3.8) is 0 Å². The molecule has 7 rings (SSSR count). The predicted octanol–water partition coefficient (Wildman–Crippen LogP) is 6.00. The van der Waals surface area contributed by atoms with Gasteiger partial charge < -0.3 is 31.4 Å². The van der Waals surface area contributed by atoms with Crippen LogP contribution in [0.1, 0.15) is 65.3 Å². The van der Waals surface area contributed by atoms with E-state index in [-0.39, 0.29) is 68.0 Å². The number of anilines is 1. The minimum atomic E-state index is -2.20. The summed E-state index contributed by atoms with van der Waals surface area (Å²) < 4.78 is 41.1. The van der Waals surface area contributed by atoms with E-state index < -0.39 is 41.0 Å². The lowest BCUT2D eigenvalue weighted by Gasteiger charge is -2.30. The Balaban J connectivity index is 1.32. The molecule has 0 radical (unpaired) electrons. The van der Waals surface area contributed by atoms with Gasteiger partial charge in [0.1, 0.15) is 40.6 Å². The van der Waals surface area contributed by atoms with Crippen LogP contribution in [0.5, 0.6) is 11.5 Å². The number of benzene rings is 3. The number of halogens is 4. The number of aromatic nitrogens is 1. The molecular weight excluding hydrogens is 703 g/mol. The molecule has 0 spiro atoms. The first-order valence-corrected chi connectivity index (χ1v) is 17.0. The summed E-state index contributed by atoms with van der Waals surface area (Å²) in [5.41, 5.74) is 9.98. The second kappa shape index (κ2) is 12.8. The average molecular weight is 737 g/mol. The van der Waals surface area contributed by atoms with Gasteiger partial charge in [-0.3, -0.25) is 14.6 Å². The maximum absolute atomic E-state index is 14.8. The second-order valence-electron chi connectivity index (χ2n) is 13.3. The molecule has 2 heterocycles. The van der Waals surface area contributed by atoms with Crippen molar-refractivity contribution in [2.45, 2.75) is 55.5 Å². The van der Waals surface area contributed by atoms with E-state index in [4.69, 9.17) is 49.1 Å². The normalized spacial score (nSPS) is 20.0. The SMILES string of the molecule is C[C@]1(C(N)=O)COc2c1cc([C@@](O)(CNC(=O)c1cc(/C=N/C3(F)CC3)c(N)c(OC3CC3)c1)c1cccc(F)c1)nc2-c1cccc(Cl)c1Cl. The predicted molar refractivity (Wildman–Crippen MR) is 189 cm³/mol. The van der Waals surface area contributed by atoms with Crippen LogP contribution in [0.4, 0.5) is 14.5 Å². The average Bonchev–Trinajstić information content (AvgIpc) is 4.04. The van der Waals surface area contributed by atoms with Gasteiger partial charge in [0.25, 0.3) is 5.91 Å². The Morgan fingerprint density at radius 2 is 1.92 bits per heavy atom. The monoisotopic (exact) mass is 735 g/mol. The quantitative estimate of drug-likeness (QED) is 0.0835. The molecule has 2 atom stereocenters. The number of ether oxygens (including phenoxy) is 2. The van der Waals surface area contributed by atoms with E-state index in [0.717, 1.165) is 18.9 Å². The lowest BCUT2D eigenvalue weighted by molar-refractivity contribution is -0.123. The van der Waals surface area contributed by atoms with Crippen LogP contribution in [-0.4, -0.2) is 53.2 Å². The van der Waals surface area contributed by atoms with Gasteiger partial charge >= 0.3 is 0 Å². The lowest BCUT2D eigenvalue weighted by atomic mass is 9.80. The first-order chi connectivity index (χ1) is 24.2. The highest BCUT2D eigenvalue weighted by molar-refractivity contribution is 6.43. The fraction of sp³-hybridized carbons (Fsp3) is 0.297. The summed E-state index contributed by atoms with van der Waals surface area (Å²) in [6, 6.07) is 14.4. The molecule has 2 saturated carbocycles. The number of nitrogens with zero attached hydrogens (tertiary/aromatic N) is 2. The smallest absolute Gasteiger partial charge is 0.251 e. The molecule has 0 unspecified atom stereocenters. The van der Waals surface area contributed by atoms with E-state index in [9.17, 15) is 23.5 Å². The number of carbonyl (C=O) groups is 2. The molecular formula is C37H33Cl2F2N5O5. The van der Waals surface area contributed by atoms with Crippen LogP contribution >= 0.6 is 23.2 Å². The summed E-state index contributed by atoms with van der Waals surface area (Å²) in [5.74, 6) is -3.23. The summed E-state index contributed by atoms with van der Waals surface area (Å²) in [6.45, 7) is 0.938. The highest BCUT2D eigenvalue weighted by Gasteiger charge is 2.46. The number of fused-ring (bicyclic) bond motifs is 1. The summed E-state index contributed by atoms with van der Waals surface area (Å²) in [4.78, 5) is 35.4. The highest BCUT2D eigenvalue weighted by Crippen LogP contribution is 2.48. The number of pyridine rings is 1. The van der Waals surface area contributed by atoms with Crippen molar-refractivity contribution in [3.8, 4) is 22.8 Å². The van der Waals surface area contributed by atoms with Crippen LogP contribution in [0.2, 0.25) is 10.0 Å². The van der Waals surface area contributed by atoms with E-state index in [1.165, 1.54) is 42.6 Å². The van der Waals surface area contributed by atoms with E-state index >= 15 is 0 Å². The molecule has 2 amide bonds. The van der Waals surface area contributed by atoms with Crippen LogP contribution < -0.4 is 26.3 Å². The summed E-state index contributed by atoms with van der Waals surface area (Å²) >= 11 is 13.0. The van der Waals surface area contributed by atoms with Crippen molar-refractivity contribution >= 4 is 46.9 Å². The molecule has 10 nitrogen and oxygen atoms in total. The molecule has 2 aliphatic carbocycles. The molecule has 0 bridgehead atoms. The third-order valence-corrected chi connectivity index (χ3v) is 10.2. The van der Waals surface area contributed by atoms with Crippen LogP contribution in [0, 0.1) is 5.82 Å². The molecule has 264 valence electrons. The van der Waals surface area contributed by atoms with Gasteiger partial charge in [-0.1, -0.05) is 47.5 Å². The number of hydrogen-bond acceptors (Lipinski definition) is 8. The molecule has 14 heteroatoms. The third kappa shape index (κ3) is 6.59. The largest absolute Gasteiger partial charge is 0.489 e. The molecule has 1 aliphatic heterocycles. The van der Waals surface area contributed by atoms with E-state index in [1.807, 2.05) is 0 Å². The summed E-state index contributed by atoms with van der Waals surface area (Å²) in [6.07, 6.45) is 3.46. The maximum Gasteiger partial charge on any atom is 0.251 e. The molecule has 3 aliphatic rings. The van der Waals surface area contributed by atoms with Crippen molar-refractivity contribution in [2.24, 2.45) is 10.7 Å². The standard InChI is InChI=1S/C37H33Cl2F2N5O5/c1-35(34(43)48)18-50-32-25(35)15-28(46-31(32)24-6-3-7-26(38)29(24)39)37(49,21-4-2-5-22(40)14-21)17-44-33(47)19-12-20(16-45-36(41)10-11-36)30(42)27(13-19)51-23-8-9-23/h2-7,12-16,23,49H,8-11,17-18,42H2,1H3,(H2,43,48)(H,44,47)/b45-16+/t35-,37+/m0/s1. The molecule has 2 fully saturated rings. The van der Waals surface area contributed by atoms with Gasteiger partial charge in [-0.2, -0.15) is 0 Å². The molecule has 3 aromatic carbocycles. The molecule has 0 saturated heterocycles. The number of primary amides is 1. The Labute approximate surface area is 301 Å². The van der Waals surface area contributed by atoms with Crippen molar-refractivity contribution in [1.82, 2.24) is 10.3 Å². The summed E-state index contributed by atoms with van der Waals surface area (Å²) in [5, 5.41) is 15.7. The number of aliphatic imine (C=N–C) groups is 1. The van der Waals surface area contributed by atoms with Gasteiger partial charge in [-0.25, -0.2) is 13.8 Å². The van der Waals surface area contributed by atoms with Gasteiger partial charge in [0, 0.05) is 41.3 Å². The third-order valence-electron chi connectivity index (χ3n) is 9.41. The fourth-order valence-corrected chi connectivity index (χ4v) is 6.22. The van der Waals surface area contributed by atoms with Gasteiger partial charge in [-0.15, -0.1) is 0 Å². The van der Waals surface area contributed by atoms with Crippen LogP contribution in [0.3, 0.4) is 0 Å². The fourth-order valence-electron chi connectivity index (χ4n) is 5.83. The molecule has 1 aromatic heterocycles. The van der Waals surface area contributed by atoms with Gasteiger partial charge in [-0.05, 0) is 61.7 Å². The van der Waals surface area contributed by atoms with Crippen molar-refractivity contribution < 1.29 is 33.0 Å². The number of alkyl halides is 1. The number of aliphatic hydroxyl groups is 1. The zero-order valence-corrected chi connectivity index (χ0v) is 28.8. The number of hydrogen-bond donors (Lipinski definition) is 4. The zero-order chi connectivity index (χ0) is 36.3. The second-order valence-corrected chi connectivity index (χ2v) is 14.1. The zero-order valence-electron chi connectivity index (χ0n) is 27.3. The maximum atomic E-state index is 14.8. The van der Waals surface area contributed by atoms with Crippen LogP contribution in [0.15, 0.2) is 65.7 Å². The van der Waals surface area contributed by atoms with Crippen molar-refractivity contribution in [3.05, 3.63) is 104 Å². The Morgan fingerprint density at radius 3 is 2.61 bits per heavy atom. The van der Waals surface area contributed by atoms with Crippen molar-refractivity contribution in [2.75, 3.05) is 18.9 Å². The van der Waals surface area contributed by atoms with Gasteiger partial charge in [0.15, 0.2) is 5.79 Å². The van der Waals surface area contributed by atoms with E-state index in [2.05, 4.69) is 10.3 Å². The first kappa shape index (κ1) is 34.7. The molecule has 6 N–H and O–H groups in total. The first-order valence-electron chi connectivity index (χ1n) is 16.2. The van der Waals surface area contributed by atoms with E-state index in [0.29, 0.717) is 24.0 Å². The van der Waals surface area contributed by atoms with E-state index in [1.54, 1.807) is 25.1 Å². The Kier molecular flexibility index (Phi) is 8.68. The Morgan fingerprint density at radius 1 is 1.18 bits per heavy atom. The topological polar surface area (TPSA) is 162 Å². The van der Waals surface area contributed by atoms with Crippen LogP contribution in [0.25, 0.3) is 11.3 Å². The van der Waals surface area contributed by atoms with Gasteiger partial charge in [0.2, 0.25) is 5.91 Å². The Hall–Kier alpha value is -4.78.